The highest BCUT2D eigenvalue weighted by Crippen LogP contribution is 2.42. The Morgan fingerprint density at radius 1 is 1.56 bits per heavy atom. The number of rotatable bonds is 3. The van der Waals surface area contributed by atoms with Crippen molar-refractivity contribution in [2.75, 3.05) is 14.1 Å². The Morgan fingerprint density at radius 3 is 2.50 bits per heavy atom. The van der Waals surface area contributed by atoms with Crippen LogP contribution in [0.25, 0.3) is 0 Å². The number of carboxylic acids is 1. The number of hydrogen-bond acceptors (Lipinski definition) is 2. The van der Waals surface area contributed by atoms with Crippen molar-refractivity contribution in [1.82, 2.24) is 4.90 Å². The second-order valence-corrected chi connectivity index (χ2v) is 4.84. The third-order valence-electron chi connectivity index (χ3n) is 3.59. The first-order valence-corrected chi connectivity index (χ1v) is 5.65. The van der Waals surface area contributed by atoms with Crippen LogP contribution in [0.3, 0.4) is 0 Å². The monoisotopic (exact) mass is 223 g/mol. The highest BCUT2D eigenvalue weighted by molar-refractivity contribution is 5.78. The highest BCUT2D eigenvalue weighted by atomic mass is 16.4. The molecule has 1 N–H and O–H groups in total. The molecule has 2 unspecified atom stereocenters. The molecule has 1 aliphatic rings. The van der Waals surface area contributed by atoms with Crippen LogP contribution in [0.2, 0.25) is 0 Å². The number of aliphatic carboxylic acids is 1. The lowest BCUT2D eigenvalue weighted by Crippen LogP contribution is -2.37. The van der Waals surface area contributed by atoms with Gasteiger partial charge >= 0.3 is 5.97 Å². The van der Waals surface area contributed by atoms with Crippen LogP contribution < -0.4 is 0 Å². The van der Waals surface area contributed by atoms with E-state index in [4.69, 9.17) is 0 Å². The van der Waals surface area contributed by atoms with Crippen LogP contribution in [-0.2, 0) is 4.79 Å². The molecule has 2 atom stereocenters. The Balaban J connectivity index is 3.21. The van der Waals surface area contributed by atoms with Crippen LogP contribution >= 0.6 is 0 Å². The molecule has 0 radical (unpaired) electrons. The Morgan fingerprint density at radius 2 is 2.12 bits per heavy atom. The van der Waals surface area contributed by atoms with E-state index in [2.05, 4.69) is 0 Å². The summed E-state index contributed by atoms with van der Waals surface area (Å²) >= 11 is 0. The van der Waals surface area contributed by atoms with Gasteiger partial charge in [0.05, 0.1) is 5.41 Å². The fraction of sp³-hybridized carbons (Fsp3) is 0.615. The number of allylic oxidation sites excluding steroid dienone is 2. The van der Waals surface area contributed by atoms with E-state index in [1.165, 1.54) is 5.57 Å². The highest BCUT2D eigenvalue weighted by Gasteiger charge is 2.41. The predicted octanol–water partition coefficient (Wildman–Crippen LogP) is 2.51. The van der Waals surface area contributed by atoms with E-state index in [9.17, 15) is 9.90 Å². The average molecular weight is 223 g/mol. The largest absolute Gasteiger partial charge is 0.481 e. The van der Waals surface area contributed by atoms with Gasteiger partial charge in [-0.05, 0) is 31.9 Å². The summed E-state index contributed by atoms with van der Waals surface area (Å²) < 4.78 is 0. The van der Waals surface area contributed by atoms with Gasteiger partial charge in [0.15, 0.2) is 0 Å². The van der Waals surface area contributed by atoms with Gasteiger partial charge in [-0.3, -0.25) is 4.79 Å². The number of hydrogen-bond donors (Lipinski definition) is 1. The van der Waals surface area contributed by atoms with Crippen molar-refractivity contribution in [3.05, 3.63) is 23.4 Å². The Hall–Kier alpha value is -1.25. The maximum Gasteiger partial charge on any atom is 0.313 e. The maximum atomic E-state index is 11.4. The van der Waals surface area contributed by atoms with E-state index < -0.39 is 11.4 Å². The molecule has 0 saturated heterocycles. The zero-order chi connectivity index (χ0) is 12.5. The fourth-order valence-electron chi connectivity index (χ4n) is 2.58. The van der Waals surface area contributed by atoms with Crippen molar-refractivity contribution >= 4 is 5.97 Å². The lowest BCUT2D eigenvalue weighted by molar-refractivity contribution is -0.147. The zero-order valence-corrected chi connectivity index (χ0v) is 10.7. The molecule has 3 heteroatoms. The summed E-state index contributed by atoms with van der Waals surface area (Å²) in [6, 6.07) is 0. The van der Waals surface area contributed by atoms with E-state index in [1.54, 1.807) is 6.92 Å². The van der Waals surface area contributed by atoms with Gasteiger partial charge in [-0.15, -0.1) is 0 Å². The smallest absolute Gasteiger partial charge is 0.313 e. The minimum absolute atomic E-state index is 0.0763. The summed E-state index contributed by atoms with van der Waals surface area (Å²) in [5.41, 5.74) is 1.53. The quantitative estimate of drug-likeness (QED) is 0.799. The van der Waals surface area contributed by atoms with Gasteiger partial charge in [-0.1, -0.05) is 13.0 Å². The number of carboxylic acid groups (broad SMARTS) is 1. The van der Waals surface area contributed by atoms with Crippen molar-refractivity contribution in [3.8, 4) is 0 Å². The van der Waals surface area contributed by atoms with Crippen LogP contribution in [0.1, 0.15) is 27.2 Å². The number of carbonyl (C=O) groups is 1. The van der Waals surface area contributed by atoms with Gasteiger partial charge in [0.25, 0.3) is 0 Å². The maximum absolute atomic E-state index is 11.4. The molecule has 0 aromatic rings. The normalized spacial score (nSPS) is 29.4. The molecule has 0 amide bonds. The molecule has 0 heterocycles. The minimum atomic E-state index is -0.766. The molecule has 0 spiro atoms. The molecule has 0 aromatic carbocycles. The van der Waals surface area contributed by atoms with Crippen molar-refractivity contribution in [3.63, 3.8) is 0 Å². The molecule has 0 saturated carbocycles. The van der Waals surface area contributed by atoms with E-state index in [0.29, 0.717) is 0 Å². The van der Waals surface area contributed by atoms with E-state index in [-0.39, 0.29) is 5.92 Å². The average Bonchev–Trinajstić information content (AvgIpc) is 2.17. The van der Waals surface area contributed by atoms with Gasteiger partial charge in [-0.2, -0.15) is 0 Å². The van der Waals surface area contributed by atoms with Crippen molar-refractivity contribution in [2.45, 2.75) is 27.2 Å². The first-order valence-electron chi connectivity index (χ1n) is 5.65. The summed E-state index contributed by atoms with van der Waals surface area (Å²) in [5.74, 6) is -0.667. The van der Waals surface area contributed by atoms with Crippen LogP contribution in [-0.4, -0.2) is 30.1 Å². The van der Waals surface area contributed by atoms with Crippen molar-refractivity contribution < 1.29 is 9.90 Å². The Kier molecular flexibility index (Phi) is 3.46. The molecule has 0 bridgehead atoms. The standard InChI is InChI=1S/C13H21NO2/c1-6-10-9(2)11(14(4)5)7-8-13(10,3)12(15)16/h7-8,10H,6H2,1-5H3,(H,15,16). The molecule has 16 heavy (non-hydrogen) atoms. The zero-order valence-electron chi connectivity index (χ0n) is 10.7. The second-order valence-electron chi connectivity index (χ2n) is 4.84. The molecule has 1 aliphatic carbocycles. The molecule has 0 aliphatic heterocycles. The molecular weight excluding hydrogens is 202 g/mol. The van der Waals surface area contributed by atoms with Crippen molar-refractivity contribution in [1.29, 1.82) is 0 Å². The summed E-state index contributed by atoms with van der Waals surface area (Å²) in [6.07, 6.45) is 4.60. The topological polar surface area (TPSA) is 40.5 Å². The first-order chi connectivity index (χ1) is 7.34. The minimum Gasteiger partial charge on any atom is -0.481 e. The number of nitrogens with zero attached hydrogens (tertiary/aromatic N) is 1. The van der Waals surface area contributed by atoms with Gasteiger partial charge < -0.3 is 10.0 Å². The Bertz CT molecular complexity index is 355. The van der Waals surface area contributed by atoms with Crippen molar-refractivity contribution in [2.24, 2.45) is 11.3 Å². The van der Waals surface area contributed by atoms with Crippen LogP contribution in [0.5, 0.6) is 0 Å². The van der Waals surface area contributed by atoms with Gasteiger partial charge in [-0.25, -0.2) is 0 Å². The lowest BCUT2D eigenvalue weighted by atomic mass is 9.69. The lowest BCUT2D eigenvalue weighted by Gasteiger charge is -2.37. The van der Waals surface area contributed by atoms with Crippen LogP contribution in [0.4, 0.5) is 0 Å². The summed E-state index contributed by atoms with van der Waals surface area (Å²) in [6.45, 7) is 5.88. The predicted molar refractivity (Wildman–Crippen MR) is 65.1 cm³/mol. The van der Waals surface area contributed by atoms with Gasteiger partial charge in [0.1, 0.15) is 0 Å². The third kappa shape index (κ3) is 1.86. The molecule has 90 valence electrons. The SMILES string of the molecule is CCC1C(C)=C(N(C)C)C=CC1(C)C(=O)O. The van der Waals surface area contributed by atoms with Crippen LogP contribution in [0.15, 0.2) is 23.4 Å². The van der Waals surface area contributed by atoms with E-state index in [1.807, 2.05) is 45.0 Å². The van der Waals surface area contributed by atoms with Gasteiger partial charge in [0.2, 0.25) is 0 Å². The fourth-order valence-corrected chi connectivity index (χ4v) is 2.58. The number of likely N-dealkylation sites (N-methyl/N-ethyl adjacent to an activating group) is 1. The second kappa shape index (κ2) is 4.32. The van der Waals surface area contributed by atoms with Gasteiger partial charge in [0, 0.05) is 25.7 Å². The molecular formula is C13H21NO2. The summed E-state index contributed by atoms with van der Waals surface area (Å²) in [7, 11) is 3.97. The summed E-state index contributed by atoms with van der Waals surface area (Å²) in [4.78, 5) is 13.4. The molecule has 0 fully saturated rings. The third-order valence-corrected chi connectivity index (χ3v) is 3.59. The van der Waals surface area contributed by atoms with E-state index >= 15 is 0 Å². The van der Waals surface area contributed by atoms with E-state index in [0.717, 1.165) is 12.1 Å². The Labute approximate surface area is 97.4 Å². The summed E-state index contributed by atoms with van der Waals surface area (Å²) in [5, 5.41) is 9.35. The molecule has 3 nitrogen and oxygen atoms in total. The van der Waals surface area contributed by atoms with Crippen LogP contribution in [0, 0.1) is 11.3 Å². The molecule has 0 aromatic heterocycles. The molecule has 1 rings (SSSR count). The first kappa shape index (κ1) is 12.8.